The van der Waals surface area contributed by atoms with Crippen molar-refractivity contribution in [1.82, 2.24) is 14.7 Å². The van der Waals surface area contributed by atoms with E-state index in [0.717, 1.165) is 22.7 Å². The van der Waals surface area contributed by atoms with Gasteiger partial charge in [-0.3, -0.25) is 9.36 Å². The fourth-order valence-electron chi connectivity index (χ4n) is 2.78. The second-order valence-electron chi connectivity index (χ2n) is 6.25. The maximum Gasteiger partial charge on any atom is 0.266 e. The molecule has 0 amide bonds. The fourth-order valence-corrected chi connectivity index (χ4v) is 3.84. The Hall–Kier alpha value is -2.57. The van der Waals surface area contributed by atoms with E-state index < -0.39 is 0 Å². The molecule has 0 aliphatic carbocycles. The standard InChI is InChI=1S/C20H16ClN3O2S/c1-12-3-6-16(7-4-12)24-19(25)17-8-5-14(21)10-18(17)22-20(24)27-11-15-9-13(2)26-23-15/h3-10H,11H2,1-2H3. The lowest BCUT2D eigenvalue weighted by atomic mass is 10.2. The highest BCUT2D eigenvalue weighted by molar-refractivity contribution is 7.98. The molecule has 0 saturated heterocycles. The molecule has 0 radical (unpaired) electrons. The van der Waals surface area contributed by atoms with Crippen LogP contribution < -0.4 is 5.56 Å². The number of thioether (sulfide) groups is 1. The van der Waals surface area contributed by atoms with Gasteiger partial charge in [0.15, 0.2) is 5.16 Å². The summed E-state index contributed by atoms with van der Waals surface area (Å²) in [5.74, 6) is 1.29. The van der Waals surface area contributed by atoms with Gasteiger partial charge in [0, 0.05) is 16.8 Å². The molecular formula is C20H16ClN3O2S. The molecule has 4 rings (SSSR count). The molecule has 2 aromatic carbocycles. The smallest absolute Gasteiger partial charge is 0.266 e. The van der Waals surface area contributed by atoms with Gasteiger partial charge in [0.1, 0.15) is 5.76 Å². The molecule has 0 fully saturated rings. The van der Waals surface area contributed by atoms with Crippen molar-refractivity contribution in [2.45, 2.75) is 24.8 Å². The Labute approximate surface area is 165 Å². The van der Waals surface area contributed by atoms with Gasteiger partial charge in [0.2, 0.25) is 0 Å². The van der Waals surface area contributed by atoms with Gasteiger partial charge >= 0.3 is 0 Å². The van der Waals surface area contributed by atoms with Crippen molar-refractivity contribution < 1.29 is 4.52 Å². The van der Waals surface area contributed by atoms with Gasteiger partial charge < -0.3 is 4.52 Å². The molecule has 2 aromatic heterocycles. The van der Waals surface area contributed by atoms with E-state index >= 15 is 0 Å². The Balaban J connectivity index is 1.86. The predicted molar refractivity (Wildman–Crippen MR) is 108 cm³/mol. The first-order valence-corrected chi connectivity index (χ1v) is 9.72. The average molecular weight is 398 g/mol. The summed E-state index contributed by atoms with van der Waals surface area (Å²) in [6, 6.07) is 14.8. The molecule has 0 atom stereocenters. The number of rotatable bonds is 4. The first-order valence-electron chi connectivity index (χ1n) is 8.35. The van der Waals surface area contributed by atoms with E-state index in [4.69, 9.17) is 21.1 Å². The third kappa shape index (κ3) is 3.63. The number of benzene rings is 2. The van der Waals surface area contributed by atoms with E-state index in [1.165, 1.54) is 11.8 Å². The van der Waals surface area contributed by atoms with Crippen LogP contribution in [0.15, 0.2) is 63.0 Å². The maximum atomic E-state index is 13.2. The van der Waals surface area contributed by atoms with E-state index in [2.05, 4.69) is 5.16 Å². The van der Waals surface area contributed by atoms with E-state index in [1.54, 1.807) is 22.8 Å². The van der Waals surface area contributed by atoms with Gasteiger partial charge in [-0.05, 0) is 44.2 Å². The number of hydrogen-bond donors (Lipinski definition) is 0. The van der Waals surface area contributed by atoms with Crippen LogP contribution in [0.3, 0.4) is 0 Å². The summed E-state index contributed by atoms with van der Waals surface area (Å²) in [5, 5.41) is 5.67. The van der Waals surface area contributed by atoms with Gasteiger partial charge in [-0.2, -0.15) is 0 Å². The number of aromatic nitrogens is 3. The van der Waals surface area contributed by atoms with Crippen molar-refractivity contribution in [2.24, 2.45) is 0 Å². The van der Waals surface area contributed by atoms with Crippen molar-refractivity contribution in [2.75, 3.05) is 0 Å². The lowest BCUT2D eigenvalue weighted by molar-refractivity contribution is 0.393. The first kappa shape index (κ1) is 17.8. The summed E-state index contributed by atoms with van der Waals surface area (Å²) in [6.45, 7) is 3.86. The maximum absolute atomic E-state index is 13.2. The fraction of sp³-hybridized carbons (Fsp3) is 0.150. The summed E-state index contributed by atoms with van der Waals surface area (Å²) in [6.07, 6.45) is 0. The van der Waals surface area contributed by atoms with Gasteiger partial charge in [-0.15, -0.1) is 0 Å². The summed E-state index contributed by atoms with van der Waals surface area (Å²) in [5.41, 5.74) is 3.15. The number of nitrogens with zero attached hydrogens (tertiary/aromatic N) is 3. The van der Waals surface area contributed by atoms with Crippen molar-refractivity contribution >= 4 is 34.3 Å². The van der Waals surface area contributed by atoms with Gasteiger partial charge in [-0.25, -0.2) is 4.98 Å². The van der Waals surface area contributed by atoms with E-state index in [-0.39, 0.29) is 5.56 Å². The zero-order valence-electron chi connectivity index (χ0n) is 14.8. The SMILES string of the molecule is Cc1ccc(-n2c(SCc3cc(C)on3)nc3cc(Cl)ccc3c2=O)cc1. The van der Waals surface area contributed by atoms with Crippen molar-refractivity contribution in [3.63, 3.8) is 0 Å². The Morgan fingerprint density at radius 3 is 2.59 bits per heavy atom. The molecule has 27 heavy (non-hydrogen) atoms. The number of hydrogen-bond acceptors (Lipinski definition) is 5. The minimum atomic E-state index is -0.126. The Morgan fingerprint density at radius 1 is 1.11 bits per heavy atom. The minimum absolute atomic E-state index is 0.126. The van der Waals surface area contributed by atoms with Crippen LogP contribution in [0.5, 0.6) is 0 Å². The third-order valence-electron chi connectivity index (χ3n) is 4.12. The molecule has 0 N–H and O–H groups in total. The lowest BCUT2D eigenvalue weighted by Crippen LogP contribution is -2.21. The number of aryl methyl sites for hydroxylation is 2. The topological polar surface area (TPSA) is 60.9 Å². The Bertz CT molecular complexity index is 1180. The Morgan fingerprint density at radius 2 is 1.89 bits per heavy atom. The largest absolute Gasteiger partial charge is 0.361 e. The highest BCUT2D eigenvalue weighted by Crippen LogP contribution is 2.25. The molecule has 0 unspecified atom stereocenters. The van der Waals surface area contributed by atoms with Crippen molar-refractivity contribution in [3.05, 3.63) is 80.9 Å². The minimum Gasteiger partial charge on any atom is -0.361 e. The molecule has 4 aromatic rings. The quantitative estimate of drug-likeness (QED) is 0.360. The second kappa shape index (κ2) is 7.21. The van der Waals surface area contributed by atoms with Crippen LogP contribution in [0.1, 0.15) is 17.0 Å². The monoisotopic (exact) mass is 397 g/mol. The van der Waals surface area contributed by atoms with Crippen LogP contribution >= 0.6 is 23.4 Å². The van der Waals surface area contributed by atoms with Crippen LogP contribution in [0.4, 0.5) is 0 Å². The molecule has 5 nitrogen and oxygen atoms in total. The molecule has 0 aliphatic heterocycles. The van der Waals surface area contributed by atoms with E-state index in [9.17, 15) is 4.79 Å². The summed E-state index contributed by atoms with van der Waals surface area (Å²) < 4.78 is 6.75. The molecule has 7 heteroatoms. The molecule has 0 saturated carbocycles. The number of fused-ring (bicyclic) bond motifs is 1. The predicted octanol–water partition coefficient (Wildman–Crippen LogP) is 4.94. The second-order valence-corrected chi connectivity index (χ2v) is 7.63. The summed E-state index contributed by atoms with van der Waals surface area (Å²) in [7, 11) is 0. The molecule has 2 heterocycles. The molecular weight excluding hydrogens is 382 g/mol. The zero-order valence-corrected chi connectivity index (χ0v) is 16.3. The molecule has 0 spiro atoms. The lowest BCUT2D eigenvalue weighted by Gasteiger charge is -2.13. The number of halogens is 1. The average Bonchev–Trinajstić information content (AvgIpc) is 3.06. The van der Waals surface area contributed by atoms with E-state index in [0.29, 0.717) is 26.8 Å². The highest BCUT2D eigenvalue weighted by Gasteiger charge is 2.14. The zero-order chi connectivity index (χ0) is 19.0. The van der Waals surface area contributed by atoms with Crippen molar-refractivity contribution in [3.8, 4) is 5.69 Å². The Kier molecular flexibility index (Phi) is 4.76. The molecule has 0 bridgehead atoms. The molecule has 136 valence electrons. The first-order chi connectivity index (χ1) is 13.0. The van der Waals surface area contributed by atoms with Gasteiger partial charge in [-0.1, -0.05) is 46.2 Å². The van der Waals surface area contributed by atoms with Crippen LogP contribution in [-0.4, -0.2) is 14.7 Å². The van der Waals surface area contributed by atoms with Crippen LogP contribution in [0.25, 0.3) is 16.6 Å². The van der Waals surface area contributed by atoms with Crippen LogP contribution in [0, 0.1) is 13.8 Å². The normalized spacial score (nSPS) is 11.2. The highest BCUT2D eigenvalue weighted by atomic mass is 35.5. The van der Waals surface area contributed by atoms with Crippen LogP contribution in [0.2, 0.25) is 5.02 Å². The third-order valence-corrected chi connectivity index (χ3v) is 5.33. The van der Waals surface area contributed by atoms with Crippen molar-refractivity contribution in [1.29, 1.82) is 0 Å². The molecule has 0 aliphatic rings. The summed E-state index contributed by atoms with van der Waals surface area (Å²) in [4.78, 5) is 17.9. The van der Waals surface area contributed by atoms with Gasteiger partial charge in [0.05, 0.1) is 22.3 Å². The van der Waals surface area contributed by atoms with Gasteiger partial charge in [0.25, 0.3) is 5.56 Å². The van der Waals surface area contributed by atoms with E-state index in [1.807, 2.05) is 44.2 Å². The van der Waals surface area contributed by atoms with Crippen LogP contribution in [-0.2, 0) is 5.75 Å². The summed E-state index contributed by atoms with van der Waals surface area (Å²) >= 11 is 7.53.